The number of nitro benzene ring substituents is 1. The van der Waals surface area contributed by atoms with Crippen LogP contribution in [-0.2, 0) is 0 Å². The van der Waals surface area contributed by atoms with Gasteiger partial charge in [-0.3, -0.25) is 10.1 Å². The summed E-state index contributed by atoms with van der Waals surface area (Å²) < 4.78 is 26.6. The van der Waals surface area contributed by atoms with Crippen LogP contribution in [0.1, 0.15) is 13.3 Å². The normalized spacial score (nSPS) is 10.4. The van der Waals surface area contributed by atoms with Crippen molar-refractivity contribution < 1.29 is 18.8 Å². The van der Waals surface area contributed by atoms with Gasteiger partial charge in [0, 0.05) is 25.2 Å². The lowest BCUT2D eigenvalue weighted by Crippen LogP contribution is -2.28. The van der Waals surface area contributed by atoms with Crippen molar-refractivity contribution in [2.45, 2.75) is 13.3 Å². The number of hydrogen-bond donors (Lipinski definition) is 1. The van der Waals surface area contributed by atoms with Crippen LogP contribution in [0.3, 0.4) is 0 Å². The number of aliphatic hydroxyl groups excluding tert-OH is 1. The van der Waals surface area contributed by atoms with Gasteiger partial charge in [-0.05, 0) is 6.42 Å². The topological polar surface area (TPSA) is 66.6 Å². The van der Waals surface area contributed by atoms with E-state index < -0.39 is 22.2 Å². The van der Waals surface area contributed by atoms with E-state index in [2.05, 4.69) is 0 Å². The molecule has 0 aliphatic carbocycles. The summed E-state index contributed by atoms with van der Waals surface area (Å²) in [5.41, 5.74) is -0.910. The van der Waals surface area contributed by atoms with Gasteiger partial charge >= 0.3 is 5.69 Å². The van der Waals surface area contributed by atoms with Crippen LogP contribution in [0, 0.1) is 21.7 Å². The molecular weight excluding hydrogens is 246 g/mol. The minimum absolute atomic E-state index is 0.0809. The van der Waals surface area contributed by atoms with Crippen LogP contribution in [0.4, 0.5) is 20.2 Å². The zero-order valence-corrected chi connectivity index (χ0v) is 9.90. The van der Waals surface area contributed by atoms with Crippen LogP contribution in [0.5, 0.6) is 0 Å². The van der Waals surface area contributed by atoms with Gasteiger partial charge in [-0.15, -0.1) is 0 Å². The monoisotopic (exact) mass is 260 g/mol. The summed E-state index contributed by atoms with van der Waals surface area (Å²) >= 11 is 0. The quantitative estimate of drug-likeness (QED) is 0.628. The van der Waals surface area contributed by atoms with E-state index in [0.717, 1.165) is 6.07 Å². The summed E-state index contributed by atoms with van der Waals surface area (Å²) in [7, 11) is 0. The number of anilines is 1. The Balaban J connectivity index is 3.29. The first-order valence-electron chi connectivity index (χ1n) is 5.50. The summed E-state index contributed by atoms with van der Waals surface area (Å²) in [5.74, 6) is -2.10. The van der Waals surface area contributed by atoms with Crippen LogP contribution in [-0.4, -0.2) is 29.7 Å². The van der Waals surface area contributed by atoms with Crippen molar-refractivity contribution in [2.24, 2.45) is 0 Å². The van der Waals surface area contributed by atoms with Gasteiger partial charge in [0.1, 0.15) is 11.5 Å². The maximum absolute atomic E-state index is 13.4. The molecule has 1 aromatic carbocycles. The van der Waals surface area contributed by atoms with Crippen LogP contribution >= 0.6 is 0 Å². The van der Waals surface area contributed by atoms with E-state index in [9.17, 15) is 18.9 Å². The highest BCUT2D eigenvalue weighted by Crippen LogP contribution is 2.32. The number of nitrogens with zero attached hydrogens (tertiary/aromatic N) is 2. The molecule has 0 atom stereocenters. The number of benzene rings is 1. The van der Waals surface area contributed by atoms with Crippen molar-refractivity contribution >= 4 is 11.4 Å². The summed E-state index contributed by atoms with van der Waals surface area (Å²) in [5, 5.41) is 19.7. The van der Waals surface area contributed by atoms with E-state index in [1.54, 1.807) is 0 Å². The lowest BCUT2D eigenvalue weighted by Gasteiger charge is -2.23. The third kappa shape index (κ3) is 3.13. The molecule has 0 spiro atoms. The molecule has 0 fully saturated rings. The fourth-order valence-electron chi connectivity index (χ4n) is 1.72. The maximum Gasteiger partial charge on any atom is 0.328 e. The molecule has 18 heavy (non-hydrogen) atoms. The van der Waals surface area contributed by atoms with E-state index >= 15 is 0 Å². The minimum Gasteiger partial charge on any atom is -0.395 e. The molecule has 5 nitrogen and oxygen atoms in total. The smallest absolute Gasteiger partial charge is 0.328 e. The van der Waals surface area contributed by atoms with Crippen molar-refractivity contribution in [3.63, 3.8) is 0 Å². The number of nitro groups is 1. The molecule has 0 saturated carbocycles. The fraction of sp³-hybridized carbons (Fsp3) is 0.455. The van der Waals surface area contributed by atoms with Crippen LogP contribution in [0.25, 0.3) is 0 Å². The maximum atomic E-state index is 13.4. The average molecular weight is 260 g/mol. The molecule has 0 amide bonds. The number of halogens is 2. The fourth-order valence-corrected chi connectivity index (χ4v) is 1.72. The SMILES string of the molecule is CCCN(CCO)c1cc(F)cc(F)c1[N+](=O)[O-]. The molecule has 7 heteroatoms. The molecule has 0 aromatic heterocycles. The molecule has 1 aromatic rings. The highest BCUT2D eigenvalue weighted by Gasteiger charge is 2.25. The highest BCUT2D eigenvalue weighted by molar-refractivity contribution is 5.64. The first-order chi connectivity index (χ1) is 8.51. The average Bonchev–Trinajstić information content (AvgIpc) is 2.26. The second kappa shape index (κ2) is 6.25. The molecule has 0 saturated heterocycles. The third-order valence-corrected chi connectivity index (χ3v) is 2.39. The number of aliphatic hydroxyl groups is 1. The third-order valence-electron chi connectivity index (χ3n) is 2.39. The molecule has 0 bridgehead atoms. The predicted molar refractivity (Wildman–Crippen MR) is 62.6 cm³/mol. The van der Waals surface area contributed by atoms with Crippen LogP contribution < -0.4 is 4.90 Å². The number of hydrogen-bond acceptors (Lipinski definition) is 4. The zero-order valence-electron chi connectivity index (χ0n) is 9.90. The summed E-state index contributed by atoms with van der Waals surface area (Å²) in [6, 6.07) is 1.39. The van der Waals surface area contributed by atoms with Crippen molar-refractivity contribution in [3.8, 4) is 0 Å². The Kier molecular flexibility index (Phi) is 4.96. The largest absolute Gasteiger partial charge is 0.395 e. The molecule has 0 aliphatic rings. The molecule has 0 heterocycles. The van der Waals surface area contributed by atoms with Gasteiger partial charge in [-0.25, -0.2) is 4.39 Å². The van der Waals surface area contributed by atoms with Crippen LogP contribution in [0.15, 0.2) is 12.1 Å². The van der Waals surface area contributed by atoms with Crippen molar-refractivity contribution in [2.75, 3.05) is 24.6 Å². The van der Waals surface area contributed by atoms with Gasteiger partial charge < -0.3 is 10.0 Å². The zero-order chi connectivity index (χ0) is 13.7. The predicted octanol–water partition coefficient (Wildman–Crippen LogP) is 2.08. The van der Waals surface area contributed by atoms with Gasteiger partial charge in [0.25, 0.3) is 0 Å². The standard InChI is InChI=1S/C11H14F2N2O3/c1-2-3-14(4-5-16)10-7-8(12)6-9(13)11(10)15(17)18/h6-7,16H,2-5H2,1H3. The molecular formula is C11H14F2N2O3. The van der Waals surface area contributed by atoms with E-state index in [1.807, 2.05) is 6.92 Å². The molecule has 0 unspecified atom stereocenters. The number of rotatable bonds is 6. The van der Waals surface area contributed by atoms with E-state index in [1.165, 1.54) is 4.90 Å². The minimum atomic E-state index is -1.21. The Morgan fingerprint density at radius 3 is 2.56 bits per heavy atom. The molecule has 0 aliphatic heterocycles. The van der Waals surface area contributed by atoms with Crippen LogP contribution in [0.2, 0.25) is 0 Å². The first kappa shape index (κ1) is 14.3. The lowest BCUT2D eigenvalue weighted by atomic mass is 10.2. The lowest BCUT2D eigenvalue weighted by molar-refractivity contribution is -0.386. The van der Waals surface area contributed by atoms with Gasteiger partial charge in [0.15, 0.2) is 0 Å². The van der Waals surface area contributed by atoms with Gasteiger partial charge in [0.05, 0.1) is 11.5 Å². The van der Waals surface area contributed by atoms with Crippen molar-refractivity contribution in [1.82, 2.24) is 0 Å². The van der Waals surface area contributed by atoms with E-state index in [0.29, 0.717) is 19.0 Å². The Morgan fingerprint density at radius 2 is 2.06 bits per heavy atom. The highest BCUT2D eigenvalue weighted by atomic mass is 19.1. The molecule has 1 rings (SSSR count). The van der Waals surface area contributed by atoms with E-state index in [-0.39, 0.29) is 18.8 Å². The molecule has 1 N–H and O–H groups in total. The first-order valence-corrected chi connectivity index (χ1v) is 5.50. The second-order valence-corrected chi connectivity index (χ2v) is 3.72. The van der Waals surface area contributed by atoms with Gasteiger partial charge in [-0.2, -0.15) is 4.39 Å². The Morgan fingerprint density at radius 1 is 1.39 bits per heavy atom. The molecule has 0 radical (unpaired) electrons. The summed E-state index contributed by atoms with van der Waals surface area (Å²) in [4.78, 5) is 11.3. The summed E-state index contributed by atoms with van der Waals surface area (Å²) in [6.45, 7) is 2.02. The Hall–Kier alpha value is -1.76. The second-order valence-electron chi connectivity index (χ2n) is 3.72. The Labute approximate surface area is 103 Å². The van der Waals surface area contributed by atoms with Crippen molar-refractivity contribution in [1.29, 1.82) is 0 Å². The van der Waals surface area contributed by atoms with Gasteiger partial charge in [-0.1, -0.05) is 6.92 Å². The Bertz CT molecular complexity index is 435. The van der Waals surface area contributed by atoms with E-state index in [4.69, 9.17) is 5.11 Å². The van der Waals surface area contributed by atoms with Crippen molar-refractivity contribution in [3.05, 3.63) is 33.9 Å². The molecule has 100 valence electrons. The summed E-state index contributed by atoms with van der Waals surface area (Å²) in [6.07, 6.45) is 0.634. The van der Waals surface area contributed by atoms with Gasteiger partial charge in [0.2, 0.25) is 5.82 Å².